The number of carbonyl (C=O) groups is 1. The highest BCUT2D eigenvalue weighted by molar-refractivity contribution is 6.06. The molecule has 0 radical (unpaired) electrons. The topological polar surface area (TPSA) is 56.1 Å². The molecule has 4 nitrogen and oxygen atoms in total. The molecule has 0 aliphatic carbocycles. The highest BCUT2D eigenvalue weighted by Crippen LogP contribution is 2.20. The zero-order valence-corrected chi connectivity index (χ0v) is 13.5. The van der Waals surface area contributed by atoms with Gasteiger partial charge in [0, 0.05) is 25.0 Å². The molecule has 1 aliphatic rings. The molecule has 2 rings (SSSR count). The third-order valence-corrected chi connectivity index (χ3v) is 4.22. The van der Waals surface area contributed by atoms with Gasteiger partial charge >= 0.3 is 0 Å². The first kappa shape index (κ1) is 16.1. The van der Waals surface area contributed by atoms with Crippen LogP contribution in [0.5, 0.6) is 0 Å². The molecule has 0 bridgehead atoms. The molecule has 1 heterocycles. The van der Waals surface area contributed by atoms with Crippen molar-refractivity contribution in [3.8, 4) is 6.07 Å². The zero-order chi connectivity index (χ0) is 16.1. The Morgan fingerprint density at radius 3 is 2.91 bits per heavy atom. The normalized spacial score (nSPS) is 18.7. The number of nitrogens with zero attached hydrogens (tertiary/aromatic N) is 2. The summed E-state index contributed by atoms with van der Waals surface area (Å²) in [6.45, 7) is 7.98. The van der Waals surface area contributed by atoms with E-state index in [1.54, 1.807) is 6.20 Å². The number of aryl methyl sites for hydroxylation is 1. The molecular weight excluding hydrogens is 274 g/mol. The minimum absolute atomic E-state index is 0.162. The lowest BCUT2D eigenvalue weighted by atomic mass is 10.0. The lowest BCUT2D eigenvalue weighted by Crippen LogP contribution is -2.31. The van der Waals surface area contributed by atoms with Gasteiger partial charge in [-0.2, -0.15) is 5.26 Å². The summed E-state index contributed by atoms with van der Waals surface area (Å²) in [5, 5.41) is 12.1. The average Bonchev–Trinajstić information content (AvgIpc) is 2.49. The van der Waals surface area contributed by atoms with E-state index in [0.717, 1.165) is 36.3 Å². The van der Waals surface area contributed by atoms with Crippen molar-refractivity contribution in [2.24, 2.45) is 5.92 Å². The van der Waals surface area contributed by atoms with Gasteiger partial charge in [0.2, 0.25) is 0 Å². The van der Waals surface area contributed by atoms with Gasteiger partial charge in [0.1, 0.15) is 11.6 Å². The van der Waals surface area contributed by atoms with Gasteiger partial charge in [-0.3, -0.25) is 4.79 Å². The molecular formula is C18H23N3O. The van der Waals surface area contributed by atoms with Crippen molar-refractivity contribution in [2.75, 3.05) is 18.4 Å². The van der Waals surface area contributed by atoms with E-state index in [4.69, 9.17) is 0 Å². The van der Waals surface area contributed by atoms with Gasteiger partial charge in [-0.15, -0.1) is 0 Å². The van der Waals surface area contributed by atoms with E-state index in [2.05, 4.69) is 17.1 Å². The predicted molar refractivity (Wildman–Crippen MR) is 88.2 cm³/mol. The Kier molecular flexibility index (Phi) is 5.21. The Morgan fingerprint density at radius 2 is 2.23 bits per heavy atom. The Hall–Kier alpha value is -2.28. The number of nitrogens with one attached hydrogen (secondary N) is 1. The molecule has 116 valence electrons. The Labute approximate surface area is 132 Å². The summed E-state index contributed by atoms with van der Waals surface area (Å²) in [6.07, 6.45) is 4.02. The van der Waals surface area contributed by atoms with Gasteiger partial charge < -0.3 is 10.2 Å². The lowest BCUT2D eigenvalue weighted by Gasteiger charge is -2.29. The molecule has 1 unspecified atom stereocenters. The van der Waals surface area contributed by atoms with Crippen LogP contribution < -0.4 is 5.32 Å². The lowest BCUT2D eigenvalue weighted by molar-refractivity contribution is -0.112. The van der Waals surface area contributed by atoms with Crippen LogP contribution in [-0.2, 0) is 4.79 Å². The van der Waals surface area contributed by atoms with Crippen LogP contribution in [0.15, 0.2) is 30.0 Å². The van der Waals surface area contributed by atoms with Crippen molar-refractivity contribution in [3.05, 3.63) is 41.1 Å². The number of nitriles is 1. The van der Waals surface area contributed by atoms with E-state index < -0.39 is 0 Å². The first-order valence-corrected chi connectivity index (χ1v) is 7.74. The molecule has 1 aromatic carbocycles. The van der Waals surface area contributed by atoms with Crippen LogP contribution in [0.2, 0.25) is 0 Å². The average molecular weight is 297 g/mol. The number of hydrogen-bond donors (Lipinski definition) is 1. The van der Waals surface area contributed by atoms with E-state index in [-0.39, 0.29) is 11.5 Å². The summed E-state index contributed by atoms with van der Waals surface area (Å²) < 4.78 is 0. The maximum Gasteiger partial charge on any atom is 0.267 e. The fraction of sp³-hybridized carbons (Fsp3) is 0.444. The van der Waals surface area contributed by atoms with E-state index in [0.29, 0.717) is 5.92 Å². The third kappa shape index (κ3) is 3.88. The van der Waals surface area contributed by atoms with E-state index >= 15 is 0 Å². The van der Waals surface area contributed by atoms with Crippen molar-refractivity contribution in [1.29, 1.82) is 5.26 Å². The molecule has 1 N–H and O–H groups in total. The van der Waals surface area contributed by atoms with Crippen LogP contribution in [0, 0.1) is 31.1 Å². The maximum atomic E-state index is 12.3. The van der Waals surface area contributed by atoms with Gasteiger partial charge in [0.05, 0.1) is 0 Å². The first-order valence-electron chi connectivity index (χ1n) is 7.74. The third-order valence-electron chi connectivity index (χ3n) is 4.22. The molecule has 22 heavy (non-hydrogen) atoms. The maximum absolute atomic E-state index is 12.3. The Bertz CT molecular complexity index is 628. The molecule has 0 spiro atoms. The number of rotatable bonds is 3. The summed E-state index contributed by atoms with van der Waals surface area (Å²) in [5.41, 5.74) is 3.07. The van der Waals surface area contributed by atoms with Gasteiger partial charge in [-0.25, -0.2) is 0 Å². The summed E-state index contributed by atoms with van der Waals surface area (Å²) in [7, 11) is 0. The number of likely N-dealkylation sites (tertiary alicyclic amines) is 1. The molecule has 0 saturated carbocycles. The van der Waals surface area contributed by atoms with Gasteiger partial charge in [-0.1, -0.05) is 19.1 Å². The Balaban J connectivity index is 2.12. The zero-order valence-electron chi connectivity index (χ0n) is 13.5. The number of hydrogen-bond acceptors (Lipinski definition) is 3. The molecule has 0 aromatic heterocycles. The smallest absolute Gasteiger partial charge is 0.267 e. The van der Waals surface area contributed by atoms with Crippen LogP contribution in [0.1, 0.15) is 30.9 Å². The minimum Gasteiger partial charge on any atom is -0.376 e. The fourth-order valence-electron chi connectivity index (χ4n) is 2.74. The van der Waals surface area contributed by atoms with E-state index in [9.17, 15) is 10.1 Å². The van der Waals surface area contributed by atoms with Gasteiger partial charge in [-0.05, 0) is 49.8 Å². The number of amides is 1. The first-order chi connectivity index (χ1) is 10.5. The molecule has 1 saturated heterocycles. The highest BCUT2D eigenvalue weighted by Gasteiger charge is 2.17. The van der Waals surface area contributed by atoms with Crippen molar-refractivity contribution in [1.82, 2.24) is 4.90 Å². The van der Waals surface area contributed by atoms with Crippen molar-refractivity contribution >= 4 is 11.6 Å². The summed E-state index contributed by atoms with van der Waals surface area (Å²) in [4.78, 5) is 14.4. The predicted octanol–water partition coefficient (Wildman–Crippen LogP) is 3.38. The monoisotopic (exact) mass is 297 g/mol. The largest absolute Gasteiger partial charge is 0.376 e. The second-order valence-electron chi connectivity index (χ2n) is 6.10. The number of piperidine rings is 1. The molecule has 1 fully saturated rings. The van der Waals surface area contributed by atoms with Crippen molar-refractivity contribution in [2.45, 2.75) is 33.6 Å². The van der Waals surface area contributed by atoms with Crippen LogP contribution in [0.3, 0.4) is 0 Å². The van der Waals surface area contributed by atoms with Gasteiger partial charge in [0.15, 0.2) is 0 Å². The SMILES string of the molecule is Cc1cccc(NC(=O)/C(C#N)=C\N2CCCC(C)C2)c1C. The number of carbonyl (C=O) groups excluding carboxylic acids is 1. The number of benzene rings is 1. The summed E-state index contributed by atoms with van der Waals surface area (Å²) in [6, 6.07) is 7.79. The molecule has 1 atom stereocenters. The Morgan fingerprint density at radius 1 is 1.45 bits per heavy atom. The molecule has 1 aliphatic heterocycles. The van der Waals surface area contributed by atoms with Crippen LogP contribution in [-0.4, -0.2) is 23.9 Å². The summed E-state index contributed by atoms with van der Waals surface area (Å²) >= 11 is 0. The van der Waals surface area contributed by atoms with Crippen LogP contribution in [0.4, 0.5) is 5.69 Å². The fourth-order valence-corrected chi connectivity index (χ4v) is 2.74. The van der Waals surface area contributed by atoms with Crippen LogP contribution in [0.25, 0.3) is 0 Å². The minimum atomic E-state index is -0.338. The van der Waals surface area contributed by atoms with E-state index in [1.165, 1.54) is 6.42 Å². The molecule has 4 heteroatoms. The van der Waals surface area contributed by atoms with Crippen molar-refractivity contribution in [3.63, 3.8) is 0 Å². The molecule has 1 amide bonds. The van der Waals surface area contributed by atoms with E-state index in [1.807, 2.05) is 38.1 Å². The van der Waals surface area contributed by atoms with Crippen molar-refractivity contribution < 1.29 is 4.79 Å². The second kappa shape index (κ2) is 7.13. The molecule has 1 aromatic rings. The summed E-state index contributed by atoms with van der Waals surface area (Å²) in [5.74, 6) is 0.265. The van der Waals surface area contributed by atoms with Crippen LogP contribution >= 0.6 is 0 Å². The highest BCUT2D eigenvalue weighted by atomic mass is 16.1. The van der Waals surface area contributed by atoms with Gasteiger partial charge in [0.25, 0.3) is 5.91 Å². The standard InChI is InChI=1S/C18H23N3O/c1-13-6-5-9-21(11-13)12-16(10-19)18(22)20-17-8-4-7-14(2)15(17)3/h4,7-8,12-13H,5-6,9,11H2,1-3H3,(H,20,22)/b16-12-. The second-order valence-corrected chi connectivity index (χ2v) is 6.10. The quantitative estimate of drug-likeness (QED) is 0.687. The number of anilines is 1.